The van der Waals surface area contributed by atoms with Crippen molar-refractivity contribution in [3.63, 3.8) is 0 Å². The molecule has 0 atom stereocenters. The molecule has 2 heterocycles. The van der Waals surface area contributed by atoms with Crippen molar-refractivity contribution in [2.24, 2.45) is 0 Å². The summed E-state index contributed by atoms with van der Waals surface area (Å²) in [6.07, 6.45) is 1.55. The maximum absolute atomic E-state index is 12.6. The number of carbonyl (C=O) groups excluding carboxylic acids is 2. The molecule has 100 valence electrons. The predicted molar refractivity (Wildman–Crippen MR) is 80.4 cm³/mol. The van der Waals surface area contributed by atoms with Gasteiger partial charge in [0.1, 0.15) is 11.4 Å². The minimum absolute atomic E-state index is 0.0422. The molecule has 0 amide bonds. The number of carbonyl (C=O) groups is 2. The molecular weight excluding hydrogens is 371 g/mol. The van der Waals surface area contributed by atoms with Gasteiger partial charge in [-0.15, -0.1) is 0 Å². The maximum Gasteiger partial charge on any atom is 0.248 e. The third-order valence-electron chi connectivity index (χ3n) is 3.41. The van der Waals surface area contributed by atoms with Gasteiger partial charge in [0.15, 0.2) is 5.78 Å². The van der Waals surface area contributed by atoms with Gasteiger partial charge in [-0.25, -0.2) is 0 Å². The van der Waals surface area contributed by atoms with Gasteiger partial charge in [-0.05, 0) is 47.6 Å². The molecule has 0 aromatic carbocycles. The summed E-state index contributed by atoms with van der Waals surface area (Å²) in [5, 5.41) is 0. The van der Waals surface area contributed by atoms with E-state index in [4.69, 9.17) is 0 Å². The second kappa shape index (κ2) is 4.34. The number of hydrogen-bond acceptors (Lipinski definition) is 4. The molecule has 0 unspecified atom stereocenters. The van der Waals surface area contributed by atoms with Gasteiger partial charge in [0.25, 0.3) is 0 Å². The number of aryl methyl sites for hydroxylation is 1. The normalized spacial score (nSPS) is 13.2. The second-order valence-corrected chi connectivity index (χ2v) is 5.84. The van der Waals surface area contributed by atoms with Crippen LogP contribution in [0.25, 0.3) is 0 Å². The van der Waals surface area contributed by atoms with E-state index in [1.807, 2.05) is 0 Å². The Labute approximate surface area is 127 Å². The third kappa shape index (κ3) is 1.67. The highest BCUT2D eigenvalue weighted by molar-refractivity contribution is 14.1. The number of pyridine rings is 2. The number of aromatic nitrogens is 2. The first-order valence-electron chi connectivity index (χ1n) is 5.90. The number of aromatic amines is 1. The fourth-order valence-corrected chi connectivity index (χ4v) is 2.83. The van der Waals surface area contributed by atoms with Crippen LogP contribution in [0.15, 0.2) is 17.1 Å². The van der Waals surface area contributed by atoms with Gasteiger partial charge < -0.3 is 4.98 Å². The molecule has 0 fully saturated rings. The monoisotopic (exact) mass is 380 g/mol. The minimum atomic E-state index is -0.408. The zero-order chi connectivity index (χ0) is 14.6. The molecule has 0 aliphatic heterocycles. The van der Waals surface area contributed by atoms with E-state index >= 15 is 0 Å². The van der Waals surface area contributed by atoms with Gasteiger partial charge in [-0.2, -0.15) is 0 Å². The molecule has 0 radical (unpaired) electrons. The number of H-pyrrole nitrogens is 1. The highest BCUT2D eigenvalue weighted by Gasteiger charge is 2.34. The third-order valence-corrected chi connectivity index (χ3v) is 4.50. The Balaban J connectivity index is 2.43. The van der Waals surface area contributed by atoms with E-state index in [0.29, 0.717) is 11.1 Å². The molecule has 1 N–H and O–H groups in total. The number of halogens is 1. The van der Waals surface area contributed by atoms with Crippen LogP contribution < -0.4 is 5.56 Å². The summed E-state index contributed by atoms with van der Waals surface area (Å²) in [5.74, 6) is -0.665. The molecule has 0 saturated carbocycles. The summed E-state index contributed by atoms with van der Waals surface area (Å²) in [5.41, 5.74) is 1.62. The molecule has 2 aromatic heterocycles. The fourth-order valence-electron chi connectivity index (χ4n) is 2.42. The molecule has 3 rings (SSSR count). The second-order valence-electron chi connectivity index (χ2n) is 4.68. The average molecular weight is 380 g/mol. The summed E-state index contributed by atoms with van der Waals surface area (Å²) in [6.45, 7) is 3.44. The summed E-state index contributed by atoms with van der Waals surface area (Å²) < 4.78 is 0.827. The van der Waals surface area contributed by atoms with Gasteiger partial charge in [-0.1, -0.05) is 0 Å². The topological polar surface area (TPSA) is 79.9 Å². The van der Waals surface area contributed by atoms with Crippen LogP contribution in [0.3, 0.4) is 0 Å². The zero-order valence-electron chi connectivity index (χ0n) is 10.7. The lowest BCUT2D eigenvalue weighted by molar-refractivity contribution is 0.0970. The first kappa shape index (κ1) is 13.2. The Hall–Kier alpha value is -1.83. The van der Waals surface area contributed by atoms with E-state index in [9.17, 15) is 14.4 Å². The Morgan fingerprint density at radius 3 is 2.50 bits per heavy atom. The molecule has 1 aliphatic rings. The molecule has 20 heavy (non-hydrogen) atoms. The Kier molecular flexibility index (Phi) is 2.86. The highest BCUT2D eigenvalue weighted by atomic mass is 127. The smallest absolute Gasteiger partial charge is 0.248 e. The molecular formula is C14H9IN2O3. The highest BCUT2D eigenvalue weighted by Crippen LogP contribution is 2.29. The van der Waals surface area contributed by atoms with Crippen LogP contribution in [-0.2, 0) is 0 Å². The van der Waals surface area contributed by atoms with Crippen LogP contribution in [0.1, 0.15) is 43.2 Å². The number of fused-ring (bicyclic) bond motifs is 2. The van der Waals surface area contributed by atoms with Crippen LogP contribution in [0.2, 0.25) is 0 Å². The van der Waals surface area contributed by atoms with Crippen molar-refractivity contribution in [3.05, 3.63) is 59.8 Å². The van der Waals surface area contributed by atoms with Crippen molar-refractivity contribution < 1.29 is 9.59 Å². The van der Waals surface area contributed by atoms with Gasteiger partial charge in [0, 0.05) is 15.8 Å². The lowest BCUT2D eigenvalue weighted by atomic mass is 9.86. The zero-order valence-corrected chi connectivity index (χ0v) is 12.9. The quantitative estimate of drug-likeness (QED) is 0.603. The molecule has 5 nitrogen and oxygen atoms in total. The van der Waals surface area contributed by atoms with Crippen LogP contribution in [0.4, 0.5) is 0 Å². The van der Waals surface area contributed by atoms with Crippen molar-refractivity contribution >= 4 is 34.2 Å². The lowest BCUT2D eigenvalue weighted by Gasteiger charge is -2.19. The molecule has 1 aliphatic carbocycles. The molecule has 2 aromatic rings. The first-order valence-corrected chi connectivity index (χ1v) is 6.98. The number of nitrogens with zero attached hydrogens (tertiary/aromatic N) is 1. The standard InChI is InChI=1S/C14H9IN2O3/c1-5-3-8(18)17-12-9(5)13(19)10-6(2)7(15)4-16-11(10)14(12)20/h3-4H,1-2H3,(H,17,18). The van der Waals surface area contributed by atoms with Crippen LogP contribution >= 0.6 is 22.6 Å². The van der Waals surface area contributed by atoms with Crippen LogP contribution in [0, 0.1) is 17.4 Å². The molecule has 0 bridgehead atoms. The van der Waals surface area contributed by atoms with E-state index in [1.165, 1.54) is 6.07 Å². The fraction of sp³-hybridized carbons (Fsp3) is 0.143. The van der Waals surface area contributed by atoms with Crippen molar-refractivity contribution in [3.8, 4) is 0 Å². The summed E-state index contributed by atoms with van der Waals surface area (Å²) in [6, 6.07) is 1.33. The molecule has 0 saturated heterocycles. The van der Waals surface area contributed by atoms with Gasteiger partial charge in [-0.3, -0.25) is 19.4 Å². The van der Waals surface area contributed by atoms with E-state index in [-0.39, 0.29) is 22.7 Å². The summed E-state index contributed by atoms with van der Waals surface area (Å²) in [4.78, 5) is 43.1. The van der Waals surface area contributed by atoms with E-state index in [1.54, 1.807) is 20.0 Å². The Morgan fingerprint density at radius 1 is 1.10 bits per heavy atom. The molecule has 0 spiro atoms. The van der Waals surface area contributed by atoms with Crippen LogP contribution in [-0.4, -0.2) is 21.5 Å². The van der Waals surface area contributed by atoms with E-state index < -0.39 is 11.3 Å². The van der Waals surface area contributed by atoms with E-state index in [0.717, 1.165) is 9.13 Å². The largest absolute Gasteiger partial charge is 0.318 e. The van der Waals surface area contributed by atoms with Gasteiger partial charge in [0.05, 0.1) is 11.1 Å². The van der Waals surface area contributed by atoms with Crippen LogP contribution in [0.5, 0.6) is 0 Å². The predicted octanol–water partition coefficient (Wildman–Crippen LogP) is 1.77. The SMILES string of the molecule is Cc1cc(=O)[nH]c2c1C(=O)c1c(ncc(I)c1C)C2=O. The van der Waals surface area contributed by atoms with E-state index in [2.05, 4.69) is 32.6 Å². The number of rotatable bonds is 0. The van der Waals surface area contributed by atoms with Crippen molar-refractivity contribution in [2.75, 3.05) is 0 Å². The Bertz CT molecular complexity index is 852. The maximum atomic E-state index is 12.6. The minimum Gasteiger partial charge on any atom is -0.318 e. The van der Waals surface area contributed by atoms with Gasteiger partial charge >= 0.3 is 0 Å². The number of nitrogens with one attached hydrogen (secondary N) is 1. The number of ketones is 2. The van der Waals surface area contributed by atoms with Crippen molar-refractivity contribution in [1.29, 1.82) is 0 Å². The lowest BCUT2D eigenvalue weighted by Crippen LogP contribution is -2.29. The number of hydrogen-bond donors (Lipinski definition) is 1. The summed E-state index contributed by atoms with van der Waals surface area (Å²) >= 11 is 2.08. The molecule has 6 heteroatoms. The Morgan fingerprint density at radius 2 is 1.80 bits per heavy atom. The first-order chi connectivity index (χ1) is 9.41. The summed E-state index contributed by atoms with van der Waals surface area (Å²) in [7, 11) is 0. The van der Waals surface area contributed by atoms with Gasteiger partial charge in [0.2, 0.25) is 11.3 Å². The average Bonchev–Trinajstić information content (AvgIpc) is 2.38. The van der Waals surface area contributed by atoms with Crippen molar-refractivity contribution in [1.82, 2.24) is 9.97 Å². The van der Waals surface area contributed by atoms with Crippen molar-refractivity contribution in [2.45, 2.75) is 13.8 Å².